The highest BCUT2D eigenvalue weighted by molar-refractivity contribution is 7.89. The molecular formula is C12H14N2O6S. The van der Waals surface area contributed by atoms with Crippen LogP contribution in [0.2, 0.25) is 0 Å². The van der Waals surface area contributed by atoms with Gasteiger partial charge in [-0.1, -0.05) is 4.47 Å². The van der Waals surface area contributed by atoms with Crippen molar-refractivity contribution in [2.75, 3.05) is 27.9 Å². The molecule has 0 spiro atoms. The van der Waals surface area contributed by atoms with Gasteiger partial charge in [0.1, 0.15) is 16.7 Å². The lowest BCUT2D eigenvalue weighted by Crippen LogP contribution is -2.26. The minimum atomic E-state index is -4.00. The molecule has 8 nitrogen and oxygen atoms in total. The molecule has 0 unspecified atom stereocenters. The van der Waals surface area contributed by atoms with Gasteiger partial charge in [0.05, 0.1) is 19.8 Å². The lowest BCUT2D eigenvalue weighted by atomic mass is 10.2. The molecule has 0 N–H and O–H groups in total. The molecule has 0 aliphatic heterocycles. The molecule has 0 amide bonds. The molecule has 0 atom stereocenters. The Morgan fingerprint density at radius 3 is 2.57 bits per heavy atom. The van der Waals surface area contributed by atoms with E-state index in [1.807, 2.05) is 0 Å². The van der Waals surface area contributed by atoms with Gasteiger partial charge in [-0.3, -0.25) is 4.84 Å². The zero-order valence-corrected chi connectivity index (χ0v) is 12.5. The molecule has 9 heteroatoms. The summed E-state index contributed by atoms with van der Waals surface area (Å²) in [5, 5.41) is 8.37. The number of sulfonamides is 1. The second kappa shape index (κ2) is 7.03. The Labute approximate surface area is 122 Å². The van der Waals surface area contributed by atoms with E-state index < -0.39 is 22.6 Å². The molecule has 0 fully saturated rings. The first-order valence-electron chi connectivity index (χ1n) is 5.63. The summed E-state index contributed by atoms with van der Waals surface area (Å²) in [5.41, 5.74) is -0.0193. The summed E-state index contributed by atoms with van der Waals surface area (Å²) in [6.45, 7) is -0.426. The van der Waals surface area contributed by atoms with Crippen LogP contribution in [0, 0.1) is 11.3 Å². The largest absolute Gasteiger partial charge is 0.495 e. The molecule has 21 heavy (non-hydrogen) atoms. The van der Waals surface area contributed by atoms with E-state index in [0.717, 1.165) is 6.07 Å². The molecule has 0 radical (unpaired) electrons. The van der Waals surface area contributed by atoms with Gasteiger partial charge in [-0.05, 0) is 18.2 Å². The number of ether oxygens (including phenoxy) is 2. The average molecular weight is 314 g/mol. The van der Waals surface area contributed by atoms with Gasteiger partial charge in [0.15, 0.2) is 6.61 Å². The zero-order valence-electron chi connectivity index (χ0n) is 11.7. The molecule has 114 valence electrons. The van der Waals surface area contributed by atoms with Crippen molar-refractivity contribution < 1.29 is 27.5 Å². The van der Waals surface area contributed by atoms with Crippen molar-refractivity contribution in [3.05, 3.63) is 23.8 Å². The first-order valence-corrected chi connectivity index (χ1v) is 7.07. The maximum Gasteiger partial charge on any atom is 0.339 e. The van der Waals surface area contributed by atoms with Gasteiger partial charge in [0.25, 0.3) is 10.0 Å². The van der Waals surface area contributed by atoms with Crippen LogP contribution in [0.5, 0.6) is 5.75 Å². The number of methoxy groups -OCH3 is 1. The van der Waals surface area contributed by atoms with Gasteiger partial charge < -0.3 is 9.47 Å². The lowest BCUT2D eigenvalue weighted by Gasteiger charge is -2.16. The number of esters is 1. The second-order valence-corrected chi connectivity index (χ2v) is 5.60. The Kier molecular flexibility index (Phi) is 5.66. The van der Waals surface area contributed by atoms with Crippen LogP contribution in [-0.2, 0) is 19.6 Å². The van der Waals surface area contributed by atoms with Crippen LogP contribution in [-0.4, -0.2) is 46.7 Å². The third kappa shape index (κ3) is 3.69. The molecule has 0 saturated carbocycles. The van der Waals surface area contributed by atoms with E-state index in [1.165, 1.54) is 33.4 Å². The molecule has 0 aromatic heterocycles. The number of benzene rings is 1. The van der Waals surface area contributed by atoms with Crippen molar-refractivity contribution in [3.63, 3.8) is 0 Å². The number of hydrogen-bond donors (Lipinski definition) is 0. The van der Waals surface area contributed by atoms with Crippen molar-refractivity contribution in [1.82, 2.24) is 4.47 Å². The van der Waals surface area contributed by atoms with Crippen LogP contribution in [0.25, 0.3) is 0 Å². The second-order valence-electron chi connectivity index (χ2n) is 3.70. The highest BCUT2D eigenvalue weighted by Gasteiger charge is 2.26. The highest BCUT2D eigenvalue weighted by Crippen LogP contribution is 2.27. The first-order chi connectivity index (χ1) is 9.88. The average Bonchev–Trinajstić information content (AvgIpc) is 2.50. The fraction of sp³-hybridized carbons (Fsp3) is 0.333. The smallest absolute Gasteiger partial charge is 0.339 e. The summed E-state index contributed by atoms with van der Waals surface area (Å²) in [6, 6.07) is 5.41. The molecule has 0 saturated heterocycles. The summed E-state index contributed by atoms with van der Waals surface area (Å²) in [4.78, 5) is 16.1. The number of rotatable bonds is 6. The monoisotopic (exact) mass is 314 g/mol. The van der Waals surface area contributed by atoms with Crippen molar-refractivity contribution in [2.45, 2.75) is 4.90 Å². The number of nitriles is 1. The Morgan fingerprint density at radius 1 is 1.38 bits per heavy atom. The van der Waals surface area contributed by atoms with Gasteiger partial charge in [-0.2, -0.15) is 5.26 Å². The number of carbonyl (C=O) groups excluding carboxylic acids is 1. The topological polar surface area (TPSA) is 106 Å². The van der Waals surface area contributed by atoms with Crippen molar-refractivity contribution in [1.29, 1.82) is 5.26 Å². The molecular weight excluding hydrogens is 300 g/mol. The van der Waals surface area contributed by atoms with Gasteiger partial charge >= 0.3 is 5.97 Å². The van der Waals surface area contributed by atoms with E-state index in [4.69, 9.17) is 10.00 Å². The molecule has 1 rings (SSSR count). The first kappa shape index (κ1) is 16.9. The highest BCUT2D eigenvalue weighted by atomic mass is 32.2. The summed E-state index contributed by atoms with van der Waals surface area (Å²) < 4.78 is 34.7. The fourth-order valence-electron chi connectivity index (χ4n) is 1.42. The van der Waals surface area contributed by atoms with E-state index >= 15 is 0 Å². The molecule has 0 aliphatic carbocycles. The van der Waals surface area contributed by atoms with Crippen molar-refractivity contribution in [3.8, 4) is 11.8 Å². The molecule has 1 aromatic rings. The lowest BCUT2D eigenvalue weighted by molar-refractivity contribution is -0.0259. The predicted molar refractivity (Wildman–Crippen MR) is 70.8 cm³/mol. The van der Waals surface area contributed by atoms with E-state index in [-0.39, 0.29) is 16.2 Å². The number of nitrogens with zero attached hydrogens (tertiary/aromatic N) is 2. The van der Waals surface area contributed by atoms with E-state index in [2.05, 4.69) is 9.57 Å². The van der Waals surface area contributed by atoms with Crippen molar-refractivity contribution >= 4 is 16.0 Å². The normalized spacial score (nSPS) is 11.0. The summed E-state index contributed by atoms with van der Waals surface area (Å²) in [5.74, 6) is -0.758. The Bertz CT molecular complexity index is 665. The zero-order chi connectivity index (χ0) is 16.0. The van der Waals surface area contributed by atoms with Gasteiger partial charge in [-0.25, -0.2) is 13.2 Å². The number of hydrogen-bond acceptors (Lipinski definition) is 7. The Balaban J connectivity index is 3.31. The van der Waals surface area contributed by atoms with Crippen LogP contribution in [0.3, 0.4) is 0 Å². The van der Waals surface area contributed by atoms with Crippen molar-refractivity contribution in [2.24, 2.45) is 0 Å². The van der Waals surface area contributed by atoms with Crippen LogP contribution < -0.4 is 4.74 Å². The van der Waals surface area contributed by atoms with Crippen LogP contribution in [0.4, 0.5) is 0 Å². The van der Waals surface area contributed by atoms with E-state index in [1.54, 1.807) is 6.07 Å². The SMILES string of the molecule is COc1ccc(C(=O)OCC#N)cc1S(=O)(=O)N(C)OC. The van der Waals surface area contributed by atoms with Crippen LogP contribution in [0.15, 0.2) is 23.1 Å². The van der Waals surface area contributed by atoms with E-state index in [9.17, 15) is 13.2 Å². The van der Waals surface area contributed by atoms with Gasteiger partial charge in [0.2, 0.25) is 0 Å². The predicted octanol–water partition coefficient (Wildman–Crippen LogP) is 0.557. The van der Waals surface area contributed by atoms with Crippen LogP contribution in [0.1, 0.15) is 10.4 Å². The Morgan fingerprint density at radius 2 is 2.05 bits per heavy atom. The third-order valence-electron chi connectivity index (χ3n) is 2.54. The maximum absolute atomic E-state index is 12.2. The molecule has 0 heterocycles. The number of hydroxylamine groups is 1. The minimum absolute atomic E-state index is 0.0193. The maximum atomic E-state index is 12.2. The fourth-order valence-corrected chi connectivity index (χ4v) is 2.58. The van der Waals surface area contributed by atoms with Crippen LogP contribution >= 0.6 is 0 Å². The summed E-state index contributed by atoms with van der Waals surface area (Å²) in [7, 11) is -0.301. The summed E-state index contributed by atoms with van der Waals surface area (Å²) in [6.07, 6.45) is 0. The molecule has 0 bridgehead atoms. The molecule has 0 aliphatic rings. The van der Waals surface area contributed by atoms with Gasteiger partial charge in [0, 0.05) is 7.05 Å². The quantitative estimate of drug-likeness (QED) is 0.557. The summed E-state index contributed by atoms with van der Waals surface area (Å²) >= 11 is 0. The number of carbonyl (C=O) groups is 1. The third-order valence-corrected chi connectivity index (χ3v) is 4.24. The molecule has 1 aromatic carbocycles. The Hall–Kier alpha value is -2.15. The van der Waals surface area contributed by atoms with Gasteiger partial charge in [-0.15, -0.1) is 0 Å². The minimum Gasteiger partial charge on any atom is -0.495 e. The standard InChI is InChI=1S/C12H14N2O6S/c1-14(19-3)21(16,17)11-8-9(4-5-10(11)18-2)12(15)20-7-6-13/h4-5,8H,7H2,1-3H3. The van der Waals surface area contributed by atoms with E-state index in [0.29, 0.717) is 4.47 Å².